The van der Waals surface area contributed by atoms with Crippen molar-refractivity contribution in [3.05, 3.63) is 0 Å². The number of esters is 1. The van der Waals surface area contributed by atoms with E-state index in [9.17, 15) is 4.79 Å². The van der Waals surface area contributed by atoms with Gasteiger partial charge in [-0.3, -0.25) is 0 Å². The topological polar surface area (TPSA) is 47.6 Å². The Morgan fingerprint density at radius 1 is 1.14 bits per heavy atom. The van der Waals surface area contributed by atoms with Crippen molar-refractivity contribution in [3.8, 4) is 0 Å². The van der Waals surface area contributed by atoms with Crippen molar-refractivity contribution in [2.24, 2.45) is 0 Å². The van der Waals surface area contributed by atoms with Gasteiger partial charge in [0.05, 0.1) is 6.61 Å². The zero-order valence-corrected chi connectivity index (χ0v) is 14.6. The third-order valence-electron chi connectivity index (χ3n) is 3.71. The molecule has 1 fully saturated rings. The van der Waals surface area contributed by atoms with Gasteiger partial charge in [0.25, 0.3) is 0 Å². The van der Waals surface area contributed by atoms with E-state index < -0.39 is 11.2 Å². The fourth-order valence-electron chi connectivity index (χ4n) is 2.51. The molecule has 0 aromatic carbocycles. The molecule has 21 heavy (non-hydrogen) atoms. The largest absolute Gasteiger partial charge is 0.458 e. The quantitative estimate of drug-likeness (QED) is 0.763. The first kappa shape index (κ1) is 18.4. The molecular weight excluding hydrogens is 266 g/mol. The lowest BCUT2D eigenvalue weighted by Gasteiger charge is -2.31. The highest BCUT2D eigenvalue weighted by Gasteiger charge is 2.34. The minimum absolute atomic E-state index is 0.245. The van der Waals surface area contributed by atoms with Crippen LogP contribution in [0.5, 0.6) is 0 Å². The molecule has 0 spiro atoms. The van der Waals surface area contributed by atoms with Crippen LogP contribution in [0.25, 0.3) is 0 Å². The highest BCUT2D eigenvalue weighted by Crippen LogP contribution is 2.19. The molecule has 0 aromatic rings. The fourth-order valence-corrected chi connectivity index (χ4v) is 2.51. The molecule has 1 aliphatic rings. The van der Waals surface area contributed by atoms with Crippen LogP contribution in [-0.2, 0) is 14.3 Å². The maximum absolute atomic E-state index is 12.1. The summed E-state index contributed by atoms with van der Waals surface area (Å²) in [6.07, 6.45) is 6.48. The molecule has 1 rings (SSSR count). The van der Waals surface area contributed by atoms with E-state index in [0.29, 0.717) is 12.6 Å². The van der Waals surface area contributed by atoms with Gasteiger partial charge in [-0.15, -0.1) is 0 Å². The number of hydrogen-bond donors (Lipinski definition) is 1. The smallest absolute Gasteiger partial charge is 0.338 e. The normalized spacial score (nSPS) is 19.3. The minimum Gasteiger partial charge on any atom is -0.458 e. The molecule has 0 saturated heterocycles. The molecule has 0 amide bonds. The molecule has 0 heterocycles. The fraction of sp³-hybridized carbons (Fsp3) is 0.941. The van der Waals surface area contributed by atoms with Gasteiger partial charge < -0.3 is 14.8 Å². The average Bonchev–Trinajstić information content (AvgIpc) is 2.36. The summed E-state index contributed by atoms with van der Waals surface area (Å²) in [5.41, 5.74) is -1.39. The summed E-state index contributed by atoms with van der Waals surface area (Å²) < 4.78 is 11.2. The molecule has 1 aliphatic carbocycles. The number of ether oxygens (including phenoxy) is 2. The van der Waals surface area contributed by atoms with Crippen molar-refractivity contribution in [1.29, 1.82) is 0 Å². The van der Waals surface area contributed by atoms with Crippen LogP contribution in [0.15, 0.2) is 0 Å². The van der Waals surface area contributed by atoms with Gasteiger partial charge in [0.15, 0.2) is 5.60 Å². The third kappa shape index (κ3) is 7.28. The van der Waals surface area contributed by atoms with Crippen molar-refractivity contribution in [2.75, 3.05) is 6.61 Å². The first-order chi connectivity index (χ1) is 9.60. The first-order valence-corrected chi connectivity index (χ1v) is 8.23. The molecule has 4 nitrogen and oxygen atoms in total. The van der Waals surface area contributed by atoms with Gasteiger partial charge in [-0.2, -0.15) is 0 Å². The minimum atomic E-state index is -0.907. The highest BCUT2D eigenvalue weighted by atomic mass is 16.6. The molecule has 1 N–H and O–H groups in total. The van der Waals surface area contributed by atoms with Crippen molar-refractivity contribution in [1.82, 2.24) is 5.32 Å². The van der Waals surface area contributed by atoms with Crippen LogP contribution in [0, 0.1) is 0 Å². The summed E-state index contributed by atoms with van der Waals surface area (Å²) in [7, 11) is 0. The maximum Gasteiger partial charge on any atom is 0.338 e. The molecule has 1 saturated carbocycles. The van der Waals surface area contributed by atoms with Crippen LogP contribution in [0.2, 0.25) is 0 Å². The van der Waals surface area contributed by atoms with Gasteiger partial charge in [0, 0.05) is 12.1 Å². The molecule has 0 radical (unpaired) electrons. The Balaban J connectivity index is 2.35. The standard InChI is InChI=1S/C17H33NO3/c1-13(18-14-10-8-7-9-11-14)12-20-17(5,6)15(19)21-16(2,3)4/h13-14,18H,7-12H2,1-6H3/t13-/m1/s1. The predicted octanol–water partition coefficient (Wildman–Crippen LogP) is 3.43. The summed E-state index contributed by atoms with van der Waals surface area (Å²) in [6, 6.07) is 0.844. The van der Waals surface area contributed by atoms with E-state index >= 15 is 0 Å². The van der Waals surface area contributed by atoms with Crippen LogP contribution in [0.1, 0.15) is 73.6 Å². The molecule has 0 bridgehead atoms. The first-order valence-electron chi connectivity index (χ1n) is 8.23. The van der Waals surface area contributed by atoms with E-state index in [1.54, 1.807) is 13.8 Å². The summed E-state index contributed by atoms with van der Waals surface area (Å²) in [6.45, 7) is 11.8. The van der Waals surface area contributed by atoms with Gasteiger partial charge in [-0.05, 0) is 54.4 Å². The zero-order chi connectivity index (χ0) is 16.1. The molecule has 0 aromatic heterocycles. The lowest BCUT2D eigenvalue weighted by atomic mass is 9.95. The summed E-state index contributed by atoms with van der Waals surface area (Å²) >= 11 is 0. The second-order valence-electron chi connectivity index (χ2n) is 7.73. The molecular formula is C17H33NO3. The molecule has 1 atom stereocenters. The highest BCUT2D eigenvalue weighted by molar-refractivity contribution is 5.78. The molecule has 0 unspecified atom stereocenters. The SMILES string of the molecule is C[C@H](COC(C)(C)C(=O)OC(C)(C)C)NC1CCCCC1. The monoisotopic (exact) mass is 299 g/mol. The van der Waals surface area contributed by atoms with Crippen LogP contribution in [0.4, 0.5) is 0 Å². The number of rotatable bonds is 6. The van der Waals surface area contributed by atoms with Crippen molar-refractivity contribution >= 4 is 5.97 Å². The summed E-state index contributed by atoms with van der Waals surface area (Å²) in [4.78, 5) is 12.1. The number of carbonyl (C=O) groups excluding carboxylic acids is 1. The summed E-state index contributed by atoms with van der Waals surface area (Å²) in [5.74, 6) is -0.306. The Labute approximate surface area is 130 Å². The Hall–Kier alpha value is -0.610. The van der Waals surface area contributed by atoms with Gasteiger partial charge in [0.1, 0.15) is 5.60 Å². The third-order valence-corrected chi connectivity index (χ3v) is 3.71. The van der Waals surface area contributed by atoms with Crippen molar-refractivity contribution in [3.63, 3.8) is 0 Å². The Bertz CT molecular complexity index is 327. The van der Waals surface area contributed by atoms with Crippen LogP contribution in [0.3, 0.4) is 0 Å². The Morgan fingerprint density at radius 2 is 1.71 bits per heavy atom. The summed E-state index contributed by atoms with van der Waals surface area (Å²) in [5, 5.41) is 3.60. The lowest BCUT2D eigenvalue weighted by Crippen LogP contribution is -2.45. The number of nitrogens with one attached hydrogen (secondary N) is 1. The Kier molecular flexibility index (Phi) is 6.67. The van der Waals surface area contributed by atoms with Crippen molar-refractivity contribution < 1.29 is 14.3 Å². The lowest BCUT2D eigenvalue weighted by molar-refractivity contribution is -0.180. The molecule has 124 valence electrons. The van der Waals surface area contributed by atoms with Gasteiger partial charge in [-0.1, -0.05) is 19.3 Å². The van der Waals surface area contributed by atoms with E-state index in [1.165, 1.54) is 32.1 Å². The van der Waals surface area contributed by atoms with E-state index in [1.807, 2.05) is 20.8 Å². The van der Waals surface area contributed by atoms with Gasteiger partial charge >= 0.3 is 5.97 Å². The second-order valence-corrected chi connectivity index (χ2v) is 7.73. The van der Waals surface area contributed by atoms with Gasteiger partial charge in [-0.25, -0.2) is 4.79 Å². The van der Waals surface area contributed by atoms with Crippen LogP contribution in [-0.4, -0.2) is 35.9 Å². The van der Waals surface area contributed by atoms with E-state index in [0.717, 1.165) is 0 Å². The number of hydrogen-bond acceptors (Lipinski definition) is 4. The van der Waals surface area contributed by atoms with E-state index in [2.05, 4.69) is 12.2 Å². The maximum atomic E-state index is 12.1. The van der Waals surface area contributed by atoms with Crippen LogP contribution < -0.4 is 5.32 Å². The van der Waals surface area contributed by atoms with Crippen molar-refractivity contribution in [2.45, 2.75) is 96.9 Å². The Morgan fingerprint density at radius 3 is 2.24 bits per heavy atom. The van der Waals surface area contributed by atoms with E-state index in [4.69, 9.17) is 9.47 Å². The molecule has 4 heteroatoms. The zero-order valence-electron chi connectivity index (χ0n) is 14.6. The predicted molar refractivity (Wildman–Crippen MR) is 85.3 cm³/mol. The van der Waals surface area contributed by atoms with Gasteiger partial charge in [0.2, 0.25) is 0 Å². The second kappa shape index (κ2) is 7.59. The van der Waals surface area contributed by atoms with Crippen LogP contribution >= 0.6 is 0 Å². The molecule has 0 aliphatic heterocycles. The average molecular weight is 299 g/mol. The number of carbonyl (C=O) groups is 1. The van der Waals surface area contributed by atoms with E-state index in [-0.39, 0.29) is 12.0 Å².